The van der Waals surface area contributed by atoms with Gasteiger partial charge in [0.1, 0.15) is 36.3 Å². The molecule has 13 rings (SSSR count). The molecule has 4 aliphatic rings. The Morgan fingerprint density at radius 2 is 0.743 bits per heavy atom. The van der Waals surface area contributed by atoms with Gasteiger partial charge in [-0.05, 0) is 84.9 Å². The molecular formula is C56H46N12O2. The number of nitrogens with zero attached hydrogens (tertiary/aromatic N) is 12. The van der Waals surface area contributed by atoms with E-state index in [1.807, 2.05) is 78.1 Å². The van der Waals surface area contributed by atoms with E-state index in [4.69, 9.17) is 13.6 Å². The normalized spacial score (nSPS) is 15.4. The topological polar surface area (TPSA) is 95.9 Å². The SMILES string of the molecule is [2H]C([2H])([2H])N1CN(c2cncc(Oc3cccc(N4CN(c5ccc(N6CN(c7cccc(Oc8cncc(N9CN(C)c%10cnccc%109)c8)c7)c7ccccc76)cc5)c5ccccc54)c3)c2)c2ccncc21. The lowest BCUT2D eigenvalue weighted by Crippen LogP contribution is -2.25. The highest BCUT2D eigenvalue weighted by atomic mass is 16.5. The zero-order valence-corrected chi connectivity index (χ0v) is 38.0. The third-order valence-corrected chi connectivity index (χ3v) is 13.2. The summed E-state index contributed by atoms with van der Waals surface area (Å²) in [6, 6.07) is 49.7. The van der Waals surface area contributed by atoms with Crippen LogP contribution in [0.4, 0.5) is 79.6 Å². The van der Waals surface area contributed by atoms with Crippen LogP contribution in [0.5, 0.6) is 23.0 Å². The molecule has 0 saturated carbocycles. The van der Waals surface area contributed by atoms with Crippen molar-refractivity contribution in [3.8, 4) is 23.0 Å². The Hall–Kier alpha value is -9.30. The lowest BCUT2D eigenvalue weighted by Gasteiger charge is -2.25. The van der Waals surface area contributed by atoms with Gasteiger partial charge >= 0.3 is 0 Å². The summed E-state index contributed by atoms with van der Waals surface area (Å²) in [7, 11) is 2.06. The Kier molecular flexibility index (Phi) is 9.05. The number of anilines is 14. The number of aromatic nitrogens is 4. The van der Waals surface area contributed by atoms with E-state index in [0.717, 1.165) is 74.0 Å². The minimum atomic E-state index is -2.33. The standard InChI is InChI=1S/C56H46N12O2/c1-61-35-63(53-21-23-57-33-55(53)61)43-27-47(31-59-29-43)69-45-11-7-9-41(25-45)67-37-65(49-13-3-5-15-51(49)67)39-17-19-40(20-18-39)66-38-68(52-16-6-4-14-50(52)66)42-10-8-12-46(26-42)70-48-28-44(30-60-32-48)64-36-62(2)56-34-58-24-22-54(56)64/h3-34H,35-38H2,1-2H3/i1D3. The molecule has 0 saturated heterocycles. The fraction of sp³-hybridized carbons (Fsp3) is 0.107. The number of rotatable bonds is 10. The highest BCUT2D eigenvalue weighted by molar-refractivity contribution is 5.90. The number of para-hydroxylation sites is 4. The van der Waals surface area contributed by atoms with Crippen molar-refractivity contribution >= 4 is 79.6 Å². The Balaban J connectivity index is 0.712. The van der Waals surface area contributed by atoms with Gasteiger partial charge in [0.15, 0.2) is 0 Å². The van der Waals surface area contributed by atoms with Crippen LogP contribution in [0.15, 0.2) is 195 Å². The summed E-state index contributed by atoms with van der Waals surface area (Å²) < 4.78 is 37.3. The van der Waals surface area contributed by atoms with Gasteiger partial charge in [-0.2, -0.15) is 0 Å². The molecule has 0 aliphatic carbocycles. The molecule has 0 atom stereocenters. The summed E-state index contributed by atoms with van der Waals surface area (Å²) in [6.45, 7) is -0.306. The highest BCUT2D eigenvalue weighted by Gasteiger charge is 2.32. The fourth-order valence-corrected chi connectivity index (χ4v) is 9.86. The minimum Gasteiger partial charge on any atom is -0.456 e. The molecule has 4 aromatic heterocycles. The average molecular weight is 922 g/mol. The van der Waals surface area contributed by atoms with Gasteiger partial charge in [-0.1, -0.05) is 36.4 Å². The molecule has 0 bridgehead atoms. The molecule has 342 valence electrons. The van der Waals surface area contributed by atoms with Gasteiger partial charge in [-0.3, -0.25) is 19.9 Å². The van der Waals surface area contributed by atoms with Crippen LogP contribution in [0, 0.1) is 0 Å². The van der Waals surface area contributed by atoms with E-state index in [1.54, 1.807) is 31.0 Å². The number of pyridine rings is 4. The largest absolute Gasteiger partial charge is 0.456 e. The van der Waals surface area contributed by atoms with Gasteiger partial charge in [0.2, 0.25) is 0 Å². The summed E-state index contributed by atoms with van der Waals surface area (Å²) in [5.74, 6) is 2.54. The molecule has 4 aliphatic heterocycles. The van der Waals surface area contributed by atoms with Gasteiger partial charge in [0.25, 0.3) is 0 Å². The van der Waals surface area contributed by atoms with Crippen LogP contribution in [0.1, 0.15) is 4.11 Å². The van der Waals surface area contributed by atoms with E-state index in [9.17, 15) is 0 Å². The molecule has 0 unspecified atom stereocenters. The molecule has 5 aromatic carbocycles. The summed E-state index contributed by atoms with van der Waals surface area (Å²) in [5.41, 5.74) is 13.6. The maximum absolute atomic E-state index is 8.10. The predicted octanol–water partition coefficient (Wildman–Crippen LogP) is 12.4. The molecule has 8 heterocycles. The molecule has 9 aromatic rings. The third-order valence-electron chi connectivity index (χ3n) is 13.2. The van der Waals surface area contributed by atoms with Crippen molar-refractivity contribution in [1.82, 2.24) is 19.9 Å². The van der Waals surface area contributed by atoms with E-state index < -0.39 is 6.98 Å². The average Bonchev–Trinajstić information content (AvgIpc) is 4.20. The number of hydrogen-bond donors (Lipinski definition) is 0. The van der Waals surface area contributed by atoms with Crippen LogP contribution < -0.4 is 48.7 Å². The van der Waals surface area contributed by atoms with Crippen LogP contribution in [-0.4, -0.2) is 60.6 Å². The molecule has 0 spiro atoms. The lowest BCUT2D eigenvalue weighted by molar-refractivity contribution is 0.480. The van der Waals surface area contributed by atoms with E-state index >= 15 is 0 Å². The second kappa shape index (κ2) is 16.8. The monoisotopic (exact) mass is 921 g/mol. The maximum atomic E-state index is 8.10. The zero-order valence-electron chi connectivity index (χ0n) is 41.0. The van der Waals surface area contributed by atoms with E-state index in [2.05, 4.69) is 147 Å². The molecule has 0 fully saturated rings. The van der Waals surface area contributed by atoms with E-state index in [1.165, 1.54) is 4.90 Å². The maximum Gasteiger partial charge on any atom is 0.147 e. The second-order valence-electron chi connectivity index (χ2n) is 17.4. The predicted molar refractivity (Wildman–Crippen MR) is 278 cm³/mol. The molecule has 14 heteroatoms. The zero-order chi connectivity index (χ0) is 49.2. The fourth-order valence-electron chi connectivity index (χ4n) is 9.86. The minimum absolute atomic E-state index is 0.130. The molecule has 0 N–H and O–H groups in total. The second-order valence-corrected chi connectivity index (χ2v) is 17.4. The highest BCUT2D eigenvalue weighted by Crippen LogP contribution is 2.48. The molecule has 0 amide bonds. The van der Waals surface area contributed by atoms with Crippen LogP contribution in [0.25, 0.3) is 0 Å². The van der Waals surface area contributed by atoms with Crippen molar-refractivity contribution in [3.63, 3.8) is 0 Å². The van der Waals surface area contributed by atoms with E-state index in [0.29, 0.717) is 48.6 Å². The molecule has 0 radical (unpaired) electrons. The van der Waals surface area contributed by atoms with Gasteiger partial charge < -0.3 is 48.7 Å². The first-order valence-electron chi connectivity index (χ1n) is 24.5. The summed E-state index contributed by atoms with van der Waals surface area (Å²) in [4.78, 5) is 34.4. The van der Waals surface area contributed by atoms with Crippen molar-refractivity contribution < 1.29 is 13.6 Å². The Morgan fingerprint density at radius 1 is 0.343 bits per heavy atom. The Bertz CT molecular complexity index is 3550. The third kappa shape index (κ3) is 7.20. The van der Waals surface area contributed by atoms with Gasteiger partial charge in [0, 0.05) is 77.5 Å². The Morgan fingerprint density at radius 3 is 1.21 bits per heavy atom. The van der Waals surface area contributed by atoms with Crippen molar-refractivity contribution in [1.29, 1.82) is 0 Å². The van der Waals surface area contributed by atoms with Crippen LogP contribution in [-0.2, 0) is 0 Å². The first-order valence-corrected chi connectivity index (χ1v) is 23.0. The van der Waals surface area contributed by atoms with Gasteiger partial charge in [0.05, 0.1) is 107 Å². The molecular weight excluding hydrogens is 873 g/mol. The van der Waals surface area contributed by atoms with Crippen LogP contribution in [0.3, 0.4) is 0 Å². The quantitative estimate of drug-likeness (QED) is 0.130. The lowest BCUT2D eigenvalue weighted by atomic mass is 10.2. The summed E-state index contributed by atoms with van der Waals surface area (Å²) in [5, 5.41) is 0. The van der Waals surface area contributed by atoms with Crippen molar-refractivity contribution in [2.45, 2.75) is 0 Å². The van der Waals surface area contributed by atoms with Crippen molar-refractivity contribution in [3.05, 3.63) is 195 Å². The van der Waals surface area contributed by atoms with Crippen LogP contribution >= 0.6 is 0 Å². The van der Waals surface area contributed by atoms with Crippen LogP contribution in [0.2, 0.25) is 0 Å². The van der Waals surface area contributed by atoms with Crippen molar-refractivity contribution in [2.75, 3.05) is 79.9 Å². The first-order chi connectivity index (χ1) is 35.7. The van der Waals surface area contributed by atoms with Crippen molar-refractivity contribution in [2.24, 2.45) is 0 Å². The number of fused-ring (bicyclic) bond motifs is 4. The number of ether oxygens (including phenoxy) is 2. The number of benzene rings is 5. The summed E-state index contributed by atoms with van der Waals surface area (Å²) >= 11 is 0. The number of hydrogen-bond acceptors (Lipinski definition) is 14. The smallest absolute Gasteiger partial charge is 0.147 e. The summed E-state index contributed by atoms with van der Waals surface area (Å²) in [6.07, 6.45) is 13.9. The Labute approximate surface area is 409 Å². The van der Waals surface area contributed by atoms with Gasteiger partial charge in [-0.15, -0.1) is 0 Å². The van der Waals surface area contributed by atoms with Gasteiger partial charge in [-0.25, -0.2) is 0 Å². The first kappa shape index (κ1) is 37.8. The molecule has 70 heavy (non-hydrogen) atoms. The van der Waals surface area contributed by atoms with E-state index in [-0.39, 0.29) is 6.67 Å². The molecule has 14 nitrogen and oxygen atoms in total.